The van der Waals surface area contributed by atoms with Crippen LogP contribution in [0.15, 0.2) is 35.7 Å². The second-order valence-corrected chi connectivity index (χ2v) is 6.31. The summed E-state index contributed by atoms with van der Waals surface area (Å²) in [4.78, 5) is 13.0. The average Bonchev–Trinajstić information content (AvgIpc) is 2.33. The number of hydrogen-bond acceptors (Lipinski definition) is 3. The first-order valence-corrected chi connectivity index (χ1v) is 7.76. The Hall–Kier alpha value is -1.40. The minimum Gasteiger partial charge on any atom is -0.335 e. The van der Waals surface area contributed by atoms with Gasteiger partial charge in [-0.2, -0.15) is 0 Å². The molecule has 1 aromatic rings. The van der Waals surface area contributed by atoms with E-state index in [9.17, 15) is 17.6 Å². The first kappa shape index (κ1) is 15.7. The molecule has 0 heterocycles. The van der Waals surface area contributed by atoms with E-state index in [0.717, 1.165) is 18.2 Å². The van der Waals surface area contributed by atoms with E-state index >= 15 is 0 Å². The second kappa shape index (κ2) is 6.16. The Morgan fingerprint density at radius 2 is 2.11 bits per heavy atom. The molecule has 0 fully saturated rings. The van der Waals surface area contributed by atoms with Crippen LogP contribution in [0.3, 0.4) is 0 Å². The maximum absolute atomic E-state index is 13.4. The van der Waals surface area contributed by atoms with E-state index < -0.39 is 25.7 Å². The molecule has 7 heteroatoms. The summed E-state index contributed by atoms with van der Waals surface area (Å²) < 4.78 is 35.7. The SMILES string of the molecule is C=CCN(CC)C(=O)c1cc(F)cc(S(=O)(=O)Cl)c1. The largest absolute Gasteiger partial charge is 0.335 e. The number of hydrogen-bond donors (Lipinski definition) is 0. The highest BCUT2D eigenvalue weighted by molar-refractivity contribution is 8.13. The van der Waals surface area contributed by atoms with Crippen molar-refractivity contribution in [2.24, 2.45) is 0 Å². The Balaban J connectivity index is 3.24. The van der Waals surface area contributed by atoms with Gasteiger partial charge in [0.05, 0.1) is 4.90 Å². The highest BCUT2D eigenvalue weighted by atomic mass is 35.7. The predicted molar refractivity (Wildman–Crippen MR) is 71.2 cm³/mol. The van der Waals surface area contributed by atoms with Crippen molar-refractivity contribution in [3.05, 3.63) is 42.2 Å². The van der Waals surface area contributed by atoms with Crippen molar-refractivity contribution in [3.63, 3.8) is 0 Å². The zero-order valence-electron chi connectivity index (χ0n) is 10.3. The van der Waals surface area contributed by atoms with Gasteiger partial charge in [0.1, 0.15) is 5.82 Å². The van der Waals surface area contributed by atoms with Gasteiger partial charge in [0.25, 0.3) is 15.0 Å². The first-order chi connectivity index (χ1) is 8.79. The zero-order valence-corrected chi connectivity index (χ0v) is 11.8. The van der Waals surface area contributed by atoms with Gasteiger partial charge in [-0.15, -0.1) is 6.58 Å². The fourth-order valence-electron chi connectivity index (χ4n) is 1.52. The third kappa shape index (κ3) is 4.04. The molecule has 0 unspecified atom stereocenters. The third-order valence-electron chi connectivity index (χ3n) is 2.42. The lowest BCUT2D eigenvalue weighted by Crippen LogP contribution is -2.31. The van der Waals surface area contributed by atoms with Gasteiger partial charge >= 0.3 is 0 Å². The molecule has 0 bridgehead atoms. The molecule has 4 nitrogen and oxygen atoms in total. The Morgan fingerprint density at radius 1 is 1.47 bits per heavy atom. The fourth-order valence-corrected chi connectivity index (χ4v) is 2.31. The van der Waals surface area contributed by atoms with Gasteiger partial charge in [0.15, 0.2) is 0 Å². The highest BCUT2D eigenvalue weighted by Gasteiger charge is 2.18. The van der Waals surface area contributed by atoms with Gasteiger partial charge < -0.3 is 4.90 Å². The Labute approximate surface area is 115 Å². The van der Waals surface area contributed by atoms with Crippen LogP contribution in [0.1, 0.15) is 17.3 Å². The van der Waals surface area contributed by atoms with Crippen molar-refractivity contribution in [2.45, 2.75) is 11.8 Å². The Kier molecular flexibility index (Phi) is 5.08. The molecule has 0 aromatic heterocycles. The molecular weight excluding hydrogens is 293 g/mol. The van der Waals surface area contributed by atoms with Gasteiger partial charge in [-0.3, -0.25) is 4.79 Å². The lowest BCUT2D eigenvalue weighted by molar-refractivity contribution is 0.0781. The molecular formula is C12H13ClFNO3S. The molecule has 0 aliphatic carbocycles. The van der Waals surface area contributed by atoms with Crippen molar-refractivity contribution in [3.8, 4) is 0 Å². The number of nitrogens with zero attached hydrogens (tertiary/aromatic N) is 1. The van der Waals surface area contributed by atoms with Crippen molar-refractivity contribution in [2.75, 3.05) is 13.1 Å². The Morgan fingerprint density at radius 3 is 2.58 bits per heavy atom. The van der Waals surface area contributed by atoms with Crippen LogP contribution in [-0.2, 0) is 9.05 Å². The summed E-state index contributed by atoms with van der Waals surface area (Å²) in [6, 6.07) is 2.79. The third-order valence-corrected chi connectivity index (χ3v) is 3.75. The summed E-state index contributed by atoms with van der Waals surface area (Å²) in [6.07, 6.45) is 1.53. The quantitative estimate of drug-likeness (QED) is 0.620. The standard InChI is InChI=1S/C12H13ClFNO3S/c1-3-5-15(4-2)12(16)9-6-10(14)8-11(7-9)19(13,17)18/h3,6-8H,1,4-5H2,2H3. The summed E-state index contributed by atoms with van der Waals surface area (Å²) in [5.74, 6) is -1.32. The predicted octanol–water partition coefficient (Wildman–Crippen LogP) is 2.40. The van der Waals surface area contributed by atoms with E-state index in [-0.39, 0.29) is 12.1 Å². The van der Waals surface area contributed by atoms with Crippen LogP contribution < -0.4 is 0 Å². The number of carbonyl (C=O) groups is 1. The number of rotatable bonds is 5. The zero-order chi connectivity index (χ0) is 14.6. The van der Waals surface area contributed by atoms with Crippen LogP contribution in [0.5, 0.6) is 0 Å². The molecule has 0 aliphatic heterocycles. The number of amides is 1. The lowest BCUT2D eigenvalue weighted by atomic mass is 10.2. The summed E-state index contributed by atoms with van der Waals surface area (Å²) in [5, 5.41) is 0. The maximum Gasteiger partial charge on any atom is 0.261 e. The molecule has 19 heavy (non-hydrogen) atoms. The second-order valence-electron chi connectivity index (χ2n) is 3.75. The number of benzene rings is 1. The summed E-state index contributed by atoms with van der Waals surface area (Å²) in [5.41, 5.74) is -0.0667. The lowest BCUT2D eigenvalue weighted by Gasteiger charge is -2.19. The summed E-state index contributed by atoms with van der Waals surface area (Å²) >= 11 is 0. The van der Waals surface area contributed by atoms with E-state index in [1.807, 2.05) is 0 Å². The molecule has 0 N–H and O–H groups in total. The van der Waals surface area contributed by atoms with Crippen LogP contribution in [0, 0.1) is 5.82 Å². The minimum atomic E-state index is -4.08. The Bertz CT molecular complexity index is 601. The van der Waals surface area contributed by atoms with Crippen LogP contribution in [0.4, 0.5) is 4.39 Å². The number of halogens is 2. The van der Waals surface area contributed by atoms with Crippen LogP contribution in [-0.4, -0.2) is 32.3 Å². The molecule has 0 radical (unpaired) electrons. The van der Waals surface area contributed by atoms with Crippen LogP contribution in [0.25, 0.3) is 0 Å². The van der Waals surface area contributed by atoms with Crippen LogP contribution >= 0.6 is 10.7 Å². The number of likely N-dealkylation sites (N-methyl/N-ethyl adjacent to an activating group) is 1. The topological polar surface area (TPSA) is 54.5 Å². The van der Waals surface area contributed by atoms with Crippen molar-refractivity contribution in [1.29, 1.82) is 0 Å². The highest BCUT2D eigenvalue weighted by Crippen LogP contribution is 2.19. The molecule has 0 saturated carbocycles. The molecule has 1 rings (SSSR count). The number of carbonyl (C=O) groups excluding carboxylic acids is 1. The van der Waals surface area contributed by atoms with Crippen molar-refractivity contribution in [1.82, 2.24) is 4.90 Å². The van der Waals surface area contributed by atoms with Crippen molar-refractivity contribution < 1.29 is 17.6 Å². The van der Waals surface area contributed by atoms with Crippen LogP contribution in [0.2, 0.25) is 0 Å². The minimum absolute atomic E-state index is 0.0667. The normalized spacial score (nSPS) is 11.1. The van der Waals surface area contributed by atoms with E-state index in [1.54, 1.807) is 6.92 Å². The van der Waals surface area contributed by atoms with E-state index in [1.165, 1.54) is 11.0 Å². The molecule has 1 aromatic carbocycles. The van der Waals surface area contributed by atoms with E-state index in [2.05, 4.69) is 6.58 Å². The molecule has 104 valence electrons. The van der Waals surface area contributed by atoms with Crippen molar-refractivity contribution >= 4 is 25.6 Å². The van der Waals surface area contributed by atoms with Gasteiger partial charge in [-0.25, -0.2) is 12.8 Å². The van der Waals surface area contributed by atoms with E-state index in [0.29, 0.717) is 6.54 Å². The van der Waals surface area contributed by atoms with Gasteiger partial charge in [-0.1, -0.05) is 6.08 Å². The maximum atomic E-state index is 13.4. The summed E-state index contributed by atoms with van der Waals surface area (Å²) in [6.45, 7) is 5.94. The molecule has 0 atom stereocenters. The summed E-state index contributed by atoms with van der Waals surface area (Å²) in [7, 11) is 1.06. The molecule has 0 aliphatic rings. The molecule has 0 spiro atoms. The first-order valence-electron chi connectivity index (χ1n) is 5.45. The molecule has 0 saturated heterocycles. The van der Waals surface area contributed by atoms with Gasteiger partial charge in [-0.05, 0) is 25.1 Å². The van der Waals surface area contributed by atoms with Gasteiger partial charge in [0, 0.05) is 29.3 Å². The van der Waals surface area contributed by atoms with Gasteiger partial charge in [0.2, 0.25) is 0 Å². The smallest absolute Gasteiger partial charge is 0.261 e. The average molecular weight is 306 g/mol. The fraction of sp³-hybridized carbons (Fsp3) is 0.250. The monoisotopic (exact) mass is 305 g/mol. The molecule has 1 amide bonds. The van der Waals surface area contributed by atoms with E-state index in [4.69, 9.17) is 10.7 Å².